The third kappa shape index (κ3) is 2.78. The molecular weight excluding hydrogens is 198 g/mol. The Labute approximate surface area is 87.7 Å². The van der Waals surface area contributed by atoms with Crippen LogP contribution in [0.4, 0.5) is 0 Å². The van der Waals surface area contributed by atoms with Crippen LogP contribution in [0.25, 0.3) is 0 Å². The molecule has 4 nitrogen and oxygen atoms in total. The average Bonchev–Trinajstić information content (AvgIpc) is 2.68. The SMILES string of the molecule is CC(CN)C(=O)N(C)Cc1nccs1. The number of hydrogen-bond donors (Lipinski definition) is 1. The highest BCUT2D eigenvalue weighted by Gasteiger charge is 2.16. The van der Waals surface area contributed by atoms with Crippen molar-refractivity contribution < 1.29 is 4.79 Å². The number of amides is 1. The summed E-state index contributed by atoms with van der Waals surface area (Å²) in [4.78, 5) is 17.4. The maximum Gasteiger partial charge on any atom is 0.226 e. The molecule has 1 unspecified atom stereocenters. The first-order valence-electron chi connectivity index (χ1n) is 4.48. The predicted molar refractivity (Wildman–Crippen MR) is 56.8 cm³/mol. The van der Waals surface area contributed by atoms with Gasteiger partial charge in [-0.25, -0.2) is 4.98 Å². The molecule has 0 aliphatic heterocycles. The number of hydrogen-bond acceptors (Lipinski definition) is 4. The number of thiazole rings is 1. The highest BCUT2D eigenvalue weighted by atomic mass is 32.1. The molecule has 1 aromatic heterocycles. The zero-order chi connectivity index (χ0) is 10.6. The second kappa shape index (κ2) is 5.07. The number of aromatic nitrogens is 1. The van der Waals surface area contributed by atoms with Gasteiger partial charge >= 0.3 is 0 Å². The topological polar surface area (TPSA) is 59.2 Å². The summed E-state index contributed by atoms with van der Waals surface area (Å²) in [5.41, 5.74) is 5.42. The molecule has 0 aromatic carbocycles. The normalized spacial score (nSPS) is 12.5. The molecule has 1 amide bonds. The van der Waals surface area contributed by atoms with Gasteiger partial charge < -0.3 is 10.6 Å². The van der Waals surface area contributed by atoms with Crippen LogP contribution in [0, 0.1) is 5.92 Å². The minimum Gasteiger partial charge on any atom is -0.339 e. The Morgan fingerprint density at radius 1 is 1.79 bits per heavy atom. The Morgan fingerprint density at radius 2 is 2.50 bits per heavy atom. The van der Waals surface area contributed by atoms with Gasteiger partial charge in [0.25, 0.3) is 0 Å². The number of nitrogens with zero attached hydrogens (tertiary/aromatic N) is 2. The van der Waals surface area contributed by atoms with E-state index in [0.717, 1.165) is 5.01 Å². The smallest absolute Gasteiger partial charge is 0.226 e. The van der Waals surface area contributed by atoms with E-state index >= 15 is 0 Å². The van der Waals surface area contributed by atoms with Crippen LogP contribution in [0.3, 0.4) is 0 Å². The van der Waals surface area contributed by atoms with Crippen molar-refractivity contribution in [2.24, 2.45) is 11.7 Å². The molecule has 1 rings (SSSR count). The summed E-state index contributed by atoms with van der Waals surface area (Å²) in [6.07, 6.45) is 1.74. The van der Waals surface area contributed by atoms with E-state index in [0.29, 0.717) is 13.1 Å². The molecule has 2 N–H and O–H groups in total. The maximum absolute atomic E-state index is 11.6. The summed E-state index contributed by atoms with van der Waals surface area (Å²) in [6, 6.07) is 0. The summed E-state index contributed by atoms with van der Waals surface area (Å²) >= 11 is 1.55. The second-order valence-corrected chi connectivity index (χ2v) is 4.24. The lowest BCUT2D eigenvalue weighted by atomic mass is 10.1. The number of carbonyl (C=O) groups excluding carboxylic acids is 1. The van der Waals surface area contributed by atoms with E-state index in [1.165, 1.54) is 0 Å². The van der Waals surface area contributed by atoms with Crippen molar-refractivity contribution in [1.29, 1.82) is 0 Å². The molecule has 1 atom stereocenters. The van der Waals surface area contributed by atoms with Crippen LogP contribution >= 0.6 is 11.3 Å². The highest BCUT2D eigenvalue weighted by molar-refractivity contribution is 7.09. The molecule has 0 fully saturated rings. The first kappa shape index (κ1) is 11.1. The van der Waals surface area contributed by atoms with Crippen LogP contribution in [0.2, 0.25) is 0 Å². The van der Waals surface area contributed by atoms with Crippen LogP contribution in [-0.2, 0) is 11.3 Å². The fourth-order valence-electron chi connectivity index (χ4n) is 1.09. The molecule has 1 aromatic rings. The summed E-state index contributed by atoms with van der Waals surface area (Å²) in [5, 5.41) is 2.85. The Bertz CT molecular complexity index is 286. The van der Waals surface area contributed by atoms with Gasteiger partial charge in [0, 0.05) is 31.1 Å². The van der Waals surface area contributed by atoms with Gasteiger partial charge in [-0.3, -0.25) is 4.79 Å². The van der Waals surface area contributed by atoms with Crippen LogP contribution in [-0.4, -0.2) is 29.4 Å². The van der Waals surface area contributed by atoms with Crippen molar-refractivity contribution in [1.82, 2.24) is 9.88 Å². The zero-order valence-electron chi connectivity index (χ0n) is 8.43. The lowest BCUT2D eigenvalue weighted by Gasteiger charge is -2.19. The number of rotatable bonds is 4. The number of nitrogens with two attached hydrogens (primary N) is 1. The van der Waals surface area contributed by atoms with Gasteiger partial charge in [0.15, 0.2) is 0 Å². The fraction of sp³-hybridized carbons (Fsp3) is 0.556. The van der Waals surface area contributed by atoms with Crippen molar-refractivity contribution >= 4 is 17.2 Å². The van der Waals surface area contributed by atoms with E-state index in [-0.39, 0.29) is 11.8 Å². The lowest BCUT2D eigenvalue weighted by molar-refractivity contribution is -0.133. The van der Waals surface area contributed by atoms with Gasteiger partial charge in [-0.05, 0) is 0 Å². The summed E-state index contributed by atoms with van der Waals surface area (Å²) < 4.78 is 0. The molecule has 0 aliphatic rings. The standard InChI is InChI=1S/C9H15N3OS/c1-7(5-10)9(13)12(2)6-8-11-3-4-14-8/h3-4,7H,5-6,10H2,1-2H3. The average molecular weight is 213 g/mol. The first-order valence-corrected chi connectivity index (χ1v) is 5.36. The van der Waals surface area contributed by atoms with E-state index in [9.17, 15) is 4.79 Å². The van der Waals surface area contributed by atoms with E-state index in [1.54, 1.807) is 29.5 Å². The van der Waals surface area contributed by atoms with Crippen molar-refractivity contribution in [3.8, 4) is 0 Å². The minimum atomic E-state index is -0.111. The molecule has 0 bridgehead atoms. The molecule has 14 heavy (non-hydrogen) atoms. The van der Waals surface area contributed by atoms with Crippen molar-refractivity contribution in [3.05, 3.63) is 16.6 Å². The Kier molecular flexibility index (Phi) is 4.03. The summed E-state index contributed by atoms with van der Waals surface area (Å²) in [5.74, 6) is -0.0392. The second-order valence-electron chi connectivity index (χ2n) is 3.26. The monoisotopic (exact) mass is 213 g/mol. The van der Waals surface area contributed by atoms with E-state index < -0.39 is 0 Å². The van der Waals surface area contributed by atoms with Crippen LogP contribution in [0.1, 0.15) is 11.9 Å². The Balaban J connectivity index is 2.50. The molecule has 0 saturated carbocycles. The molecule has 0 radical (unpaired) electrons. The number of carbonyl (C=O) groups is 1. The van der Waals surface area contributed by atoms with Gasteiger partial charge in [0.1, 0.15) is 5.01 Å². The molecule has 0 aliphatic carbocycles. The molecular formula is C9H15N3OS. The predicted octanol–water partition coefficient (Wildman–Crippen LogP) is 0.696. The van der Waals surface area contributed by atoms with E-state index in [1.807, 2.05) is 12.3 Å². The zero-order valence-corrected chi connectivity index (χ0v) is 9.25. The Hall–Kier alpha value is -0.940. The fourth-order valence-corrected chi connectivity index (χ4v) is 1.76. The van der Waals surface area contributed by atoms with E-state index in [4.69, 9.17) is 5.73 Å². The van der Waals surface area contributed by atoms with Gasteiger partial charge in [-0.2, -0.15) is 0 Å². The Morgan fingerprint density at radius 3 is 3.00 bits per heavy atom. The van der Waals surface area contributed by atoms with Gasteiger partial charge in [0.05, 0.1) is 6.54 Å². The van der Waals surface area contributed by atoms with Crippen molar-refractivity contribution in [3.63, 3.8) is 0 Å². The van der Waals surface area contributed by atoms with Crippen molar-refractivity contribution in [2.45, 2.75) is 13.5 Å². The van der Waals surface area contributed by atoms with Crippen LogP contribution < -0.4 is 5.73 Å². The van der Waals surface area contributed by atoms with Gasteiger partial charge in [0.2, 0.25) is 5.91 Å². The quantitative estimate of drug-likeness (QED) is 0.800. The molecule has 78 valence electrons. The van der Waals surface area contributed by atoms with Gasteiger partial charge in [-0.1, -0.05) is 6.92 Å². The molecule has 0 saturated heterocycles. The largest absolute Gasteiger partial charge is 0.339 e. The minimum absolute atomic E-state index is 0.0719. The van der Waals surface area contributed by atoms with Gasteiger partial charge in [-0.15, -0.1) is 11.3 Å². The highest BCUT2D eigenvalue weighted by Crippen LogP contribution is 2.08. The maximum atomic E-state index is 11.6. The van der Waals surface area contributed by atoms with E-state index in [2.05, 4.69) is 4.98 Å². The third-order valence-corrected chi connectivity index (χ3v) is 2.77. The summed E-state index contributed by atoms with van der Waals surface area (Å²) in [6.45, 7) is 2.79. The van der Waals surface area contributed by atoms with Crippen molar-refractivity contribution in [2.75, 3.05) is 13.6 Å². The first-order chi connectivity index (χ1) is 6.65. The third-order valence-electron chi connectivity index (χ3n) is 2.01. The molecule has 5 heteroatoms. The van der Waals surface area contributed by atoms with Crippen LogP contribution in [0.15, 0.2) is 11.6 Å². The summed E-state index contributed by atoms with van der Waals surface area (Å²) in [7, 11) is 1.77. The molecule has 1 heterocycles. The van der Waals surface area contributed by atoms with Crippen LogP contribution in [0.5, 0.6) is 0 Å². The molecule has 0 spiro atoms. The lowest BCUT2D eigenvalue weighted by Crippen LogP contribution is -2.34.